The van der Waals surface area contributed by atoms with Gasteiger partial charge in [0.05, 0.1) is 25.1 Å². The zero-order valence-corrected chi connectivity index (χ0v) is 12.6. The van der Waals surface area contributed by atoms with Gasteiger partial charge in [-0.2, -0.15) is 0 Å². The molecule has 0 atom stereocenters. The predicted molar refractivity (Wildman–Crippen MR) is 76.2 cm³/mol. The first-order valence-corrected chi connectivity index (χ1v) is 7.97. The maximum Gasteiger partial charge on any atom is 0.404 e. The number of nitrogens with two attached hydrogens (primary N) is 1. The van der Waals surface area contributed by atoms with Gasteiger partial charge in [0.1, 0.15) is 0 Å². The van der Waals surface area contributed by atoms with Crippen molar-refractivity contribution in [3.05, 3.63) is 29.8 Å². The first-order chi connectivity index (χ1) is 9.51. The van der Waals surface area contributed by atoms with E-state index in [4.69, 9.17) is 14.8 Å². The summed E-state index contributed by atoms with van der Waals surface area (Å²) in [5.41, 5.74) is 5.81. The lowest BCUT2D eigenvalue weighted by Crippen LogP contribution is -2.15. The van der Waals surface area contributed by atoms with Crippen LogP contribution in [0.1, 0.15) is 19.4 Å². The standard InChI is InChI=1S/C13H20NO5P/c1-3-18-20(16,19-4-2)12-7-5-11(6-8-12)9-10-17-13(14)15/h5-8H,3-4,9-10H2,1-2H3,(H2,14,15). The van der Waals surface area contributed by atoms with Gasteiger partial charge in [0.25, 0.3) is 0 Å². The van der Waals surface area contributed by atoms with Crippen LogP contribution in [0.3, 0.4) is 0 Å². The molecule has 0 spiro atoms. The first kappa shape index (κ1) is 16.7. The van der Waals surface area contributed by atoms with Gasteiger partial charge in [-0.05, 0) is 31.5 Å². The first-order valence-electron chi connectivity index (χ1n) is 6.42. The van der Waals surface area contributed by atoms with E-state index < -0.39 is 13.7 Å². The molecular weight excluding hydrogens is 281 g/mol. The summed E-state index contributed by atoms with van der Waals surface area (Å²) in [6.45, 7) is 4.36. The maximum absolute atomic E-state index is 12.5. The van der Waals surface area contributed by atoms with Gasteiger partial charge >= 0.3 is 13.7 Å². The molecule has 0 saturated carbocycles. The van der Waals surface area contributed by atoms with E-state index in [1.165, 1.54) is 0 Å². The molecule has 7 heteroatoms. The molecule has 2 N–H and O–H groups in total. The number of carbonyl (C=O) groups is 1. The van der Waals surface area contributed by atoms with Crippen molar-refractivity contribution in [1.82, 2.24) is 0 Å². The zero-order chi connectivity index (χ0) is 15.0. The monoisotopic (exact) mass is 301 g/mol. The van der Waals surface area contributed by atoms with E-state index in [0.29, 0.717) is 24.9 Å². The van der Waals surface area contributed by atoms with E-state index in [2.05, 4.69) is 4.74 Å². The number of rotatable bonds is 8. The van der Waals surface area contributed by atoms with Crippen molar-refractivity contribution in [2.24, 2.45) is 5.73 Å². The van der Waals surface area contributed by atoms with Crippen LogP contribution in [0.25, 0.3) is 0 Å². The highest BCUT2D eigenvalue weighted by Gasteiger charge is 2.26. The van der Waals surface area contributed by atoms with E-state index in [9.17, 15) is 9.36 Å². The summed E-state index contributed by atoms with van der Waals surface area (Å²) in [5, 5.41) is 0.515. The van der Waals surface area contributed by atoms with Crippen LogP contribution in [0.5, 0.6) is 0 Å². The second-order valence-corrected chi connectivity index (χ2v) is 5.94. The highest BCUT2D eigenvalue weighted by molar-refractivity contribution is 7.62. The number of hydrogen-bond donors (Lipinski definition) is 1. The van der Waals surface area contributed by atoms with Crippen LogP contribution in [-0.4, -0.2) is 25.9 Å². The maximum atomic E-state index is 12.5. The van der Waals surface area contributed by atoms with E-state index in [-0.39, 0.29) is 6.61 Å². The Hall–Kier alpha value is -1.36. The Morgan fingerprint density at radius 2 is 1.70 bits per heavy atom. The third kappa shape index (κ3) is 4.96. The van der Waals surface area contributed by atoms with Crippen molar-refractivity contribution >= 4 is 19.0 Å². The van der Waals surface area contributed by atoms with Crippen molar-refractivity contribution in [3.63, 3.8) is 0 Å². The van der Waals surface area contributed by atoms with Crippen molar-refractivity contribution in [3.8, 4) is 0 Å². The largest absolute Gasteiger partial charge is 0.449 e. The summed E-state index contributed by atoms with van der Waals surface area (Å²) < 4.78 is 27.7. The quantitative estimate of drug-likeness (QED) is 0.744. The molecule has 0 aliphatic rings. The summed E-state index contributed by atoms with van der Waals surface area (Å²) >= 11 is 0. The third-order valence-corrected chi connectivity index (χ3v) is 4.61. The molecule has 0 radical (unpaired) electrons. The lowest BCUT2D eigenvalue weighted by Gasteiger charge is -2.17. The summed E-state index contributed by atoms with van der Waals surface area (Å²) in [6, 6.07) is 6.99. The van der Waals surface area contributed by atoms with Crippen molar-refractivity contribution in [1.29, 1.82) is 0 Å². The van der Waals surface area contributed by atoms with Crippen LogP contribution in [-0.2, 0) is 24.8 Å². The topological polar surface area (TPSA) is 87.8 Å². The Kier molecular flexibility index (Phi) is 6.71. The van der Waals surface area contributed by atoms with Gasteiger partial charge < -0.3 is 19.5 Å². The molecule has 0 aliphatic heterocycles. The summed E-state index contributed by atoms with van der Waals surface area (Å²) in [5.74, 6) is 0. The highest BCUT2D eigenvalue weighted by Crippen LogP contribution is 2.46. The lowest BCUT2D eigenvalue weighted by molar-refractivity contribution is 0.158. The second-order valence-electron chi connectivity index (χ2n) is 3.92. The minimum Gasteiger partial charge on any atom is -0.449 e. The number of primary amides is 1. The zero-order valence-electron chi connectivity index (χ0n) is 11.7. The van der Waals surface area contributed by atoms with Crippen LogP contribution in [0.2, 0.25) is 0 Å². The molecule has 0 heterocycles. The van der Waals surface area contributed by atoms with Crippen molar-refractivity contribution in [2.45, 2.75) is 20.3 Å². The van der Waals surface area contributed by atoms with E-state index in [1.807, 2.05) is 0 Å². The van der Waals surface area contributed by atoms with Crippen LogP contribution in [0.4, 0.5) is 4.79 Å². The molecule has 1 aromatic carbocycles. The van der Waals surface area contributed by atoms with Crippen molar-refractivity contribution in [2.75, 3.05) is 19.8 Å². The Bertz CT molecular complexity index is 464. The molecule has 1 amide bonds. The summed E-state index contributed by atoms with van der Waals surface area (Å²) in [6.07, 6.45) is -0.254. The summed E-state index contributed by atoms with van der Waals surface area (Å²) in [7, 11) is -3.24. The Morgan fingerprint density at radius 1 is 1.15 bits per heavy atom. The molecular formula is C13H20NO5P. The molecule has 6 nitrogen and oxygen atoms in total. The smallest absolute Gasteiger partial charge is 0.404 e. The average molecular weight is 301 g/mol. The molecule has 20 heavy (non-hydrogen) atoms. The minimum absolute atomic E-state index is 0.212. The lowest BCUT2D eigenvalue weighted by atomic mass is 10.2. The van der Waals surface area contributed by atoms with Gasteiger partial charge in [-0.1, -0.05) is 12.1 Å². The van der Waals surface area contributed by atoms with Crippen LogP contribution in [0.15, 0.2) is 24.3 Å². The molecule has 0 unspecified atom stereocenters. The fraction of sp³-hybridized carbons (Fsp3) is 0.462. The number of benzene rings is 1. The number of hydrogen-bond acceptors (Lipinski definition) is 5. The Balaban J connectivity index is 2.73. The second kappa shape index (κ2) is 8.04. The van der Waals surface area contributed by atoms with E-state index >= 15 is 0 Å². The highest BCUT2D eigenvalue weighted by atomic mass is 31.2. The van der Waals surface area contributed by atoms with E-state index in [1.54, 1.807) is 38.1 Å². The van der Waals surface area contributed by atoms with Crippen molar-refractivity contribution < 1.29 is 23.1 Å². The minimum atomic E-state index is -3.24. The molecule has 1 aromatic rings. The van der Waals surface area contributed by atoms with Gasteiger partial charge in [-0.15, -0.1) is 0 Å². The molecule has 112 valence electrons. The molecule has 1 rings (SSSR count). The number of ether oxygens (including phenoxy) is 1. The normalized spacial score (nSPS) is 11.3. The Labute approximate surface area is 118 Å². The van der Waals surface area contributed by atoms with Gasteiger partial charge in [0.2, 0.25) is 0 Å². The van der Waals surface area contributed by atoms with Gasteiger partial charge in [0.15, 0.2) is 0 Å². The van der Waals surface area contributed by atoms with Gasteiger partial charge in [-0.3, -0.25) is 4.57 Å². The van der Waals surface area contributed by atoms with Gasteiger partial charge in [0, 0.05) is 6.42 Å². The fourth-order valence-corrected chi connectivity index (χ4v) is 3.21. The van der Waals surface area contributed by atoms with Crippen LogP contribution < -0.4 is 11.0 Å². The van der Waals surface area contributed by atoms with Crippen LogP contribution in [0, 0.1) is 0 Å². The Morgan fingerprint density at radius 3 is 2.15 bits per heavy atom. The van der Waals surface area contributed by atoms with E-state index in [0.717, 1.165) is 5.56 Å². The summed E-state index contributed by atoms with van der Waals surface area (Å²) in [4.78, 5) is 10.4. The molecule has 0 aromatic heterocycles. The SMILES string of the molecule is CCOP(=O)(OCC)c1ccc(CCOC(N)=O)cc1. The molecule has 0 fully saturated rings. The predicted octanol–water partition coefficient (Wildman–Crippen LogP) is 2.22. The number of carbonyl (C=O) groups excluding carboxylic acids is 1. The van der Waals surface area contributed by atoms with Crippen LogP contribution >= 0.6 is 7.60 Å². The fourth-order valence-electron chi connectivity index (χ4n) is 1.64. The van der Waals surface area contributed by atoms with Gasteiger partial charge in [-0.25, -0.2) is 4.79 Å². The number of amides is 1. The molecule has 0 saturated heterocycles. The average Bonchev–Trinajstić information content (AvgIpc) is 2.39. The molecule has 0 aliphatic carbocycles. The third-order valence-electron chi connectivity index (χ3n) is 2.49. The molecule has 0 bridgehead atoms.